The smallest absolute Gasteiger partial charge is 0.234 e. The third-order valence-corrected chi connectivity index (χ3v) is 5.48. The first-order valence-corrected chi connectivity index (χ1v) is 10.9. The van der Waals surface area contributed by atoms with E-state index in [0.717, 1.165) is 45.4 Å². The van der Waals surface area contributed by atoms with Gasteiger partial charge in [0.1, 0.15) is 11.5 Å². The molecule has 0 aliphatic rings. The predicted octanol–water partition coefficient (Wildman–Crippen LogP) is 5.98. The molecule has 1 heterocycles. The molecular weight excluding hydrogens is 424 g/mol. The van der Waals surface area contributed by atoms with Crippen LogP contribution in [0.5, 0.6) is 11.5 Å². The van der Waals surface area contributed by atoms with E-state index in [1.807, 2.05) is 94.5 Å². The van der Waals surface area contributed by atoms with Crippen LogP contribution in [0.2, 0.25) is 0 Å². The summed E-state index contributed by atoms with van der Waals surface area (Å²) >= 11 is 0. The molecule has 34 heavy (non-hydrogen) atoms. The Hall–Kier alpha value is -4.58. The number of methoxy groups -OCH3 is 2. The van der Waals surface area contributed by atoms with E-state index in [4.69, 9.17) is 20.0 Å². The standard InChI is InChI=1S/C28H24N4O2/c1-33-25-17-13-23(14-18-25)29-32-28(22-11-7-4-8-12-22)27(21-9-5-3-6-10-21)30-31(32)24-15-19-26(34-2)20-16-24/h3-20H,1-2H3. The van der Waals surface area contributed by atoms with Gasteiger partial charge >= 0.3 is 0 Å². The Balaban J connectivity index is 1.74. The van der Waals surface area contributed by atoms with E-state index in [-0.39, 0.29) is 0 Å². The van der Waals surface area contributed by atoms with Gasteiger partial charge in [-0.2, -0.15) is 4.79 Å². The van der Waals surface area contributed by atoms with Crippen molar-refractivity contribution in [1.82, 2.24) is 9.90 Å². The first-order valence-electron chi connectivity index (χ1n) is 10.9. The van der Waals surface area contributed by atoms with Crippen molar-refractivity contribution in [1.29, 1.82) is 0 Å². The Morgan fingerprint density at radius 2 is 1.18 bits per heavy atom. The van der Waals surface area contributed by atoms with Crippen LogP contribution in [0, 0.1) is 0 Å². The monoisotopic (exact) mass is 448 g/mol. The van der Waals surface area contributed by atoms with E-state index in [0.29, 0.717) is 0 Å². The van der Waals surface area contributed by atoms with Crippen molar-refractivity contribution in [2.75, 3.05) is 14.2 Å². The lowest BCUT2D eigenvalue weighted by Gasteiger charge is -2.16. The fourth-order valence-electron chi connectivity index (χ4n) is 3.75. The molecule has 0 bridgehead atoms. The predicted molar refractivity (Wildman–Crippen MR) is 133 cm³/mol. The SMILES string of the molecule is COc1ccc([N-][n+]2c(-c3ccccc3)c(-c3ccccc3)nn2-c2ccc(OC)cc2)cc1. The molecule has 0 aliphatic heterocycles. The highest BCUT2D eigenvalue weighted by atomic mass is 16.5. The molecule has 0 atom stereocenters. The second kappa shape index (κ2) is 9.50. The summed E-state index contributed by atoms with van der Waals surface area (Å²) in [7, 11) is 3.31. The van der Waals surface area contributed by atoms with E-state index in [2.05, 4.69) is 24.3 Å². The summed E-state index contributed by atoms with van der Waals surface area (Å²) in [6.07, 6.45) is 0. The van der Waals surface area contributed by atoms with Crippen LogP contribution in [-0.2, 0) is 0 Å². The number of hydrogen-bond acceptors (Lipinski definition) is 3. The fraction of sp³-hybridized carbons (Fsp3) is 0.0714. The molecule has 0 fully saturated rings. The highest BCUT2D eigenvalue weighted by Crippen LogP contribution is 2.31. The van der Waals surface area contributed by atoms with Crippen molar-refractivity contribution in [3.63, 3.8) is 0 Å². The molecule has 0 aliphatic carbocycles. The summed E-state index contributed by atoms with van der Waals surface area (Å²) in [4.78, 5) is 3.66. The van der Waals surface area contributed by atoms with Crippen LogP contribution in [-0.4, -0.2) is 24.1 Å². The van der Waals surface area contributed by atoms with E-state index >= 15 is 0 Å². The van der Waals surface area contributed by atoms with Gasteiger partial charge in [-0.1, -0.05) is 72.8 Å². The van der Waals surface area contributed by atoms with Crippen LogP contribution in [0.25, 0.3) is 33.6 Å². The third-order valence-electron chi connectivity index (χ3n) is 5.48. The molecule has 0 radical (unpaired) electrons. The number of aromatic nitrogens is 3. The number of benzene rings is 4. The molecule has 168 valence electrons. The quantitative estimate of drug-likeness (QED) is 0.288. The number of ether oxygens (including phenoxy) is 2. The summed E-state index contributed by atoms with van der Waals surface area (Å²) in [5, 5.41) is 5.03. The largest absolute Gasteiger partial charge is 0.497 e. The van der Waals surface area contributed by atoms with Crippen LogP contribution in [0.3, 0.4) is 0 Å². The first kappa shape index (κ1) is 21.3. The van der Waals surface area contributed by atoms with E-state index < -0.39 is 0 Å². The molecule has 0 amide bonds. The highest BCUT2D eigenvalue weighted by Gasteiger charge is 2.25. The third kappa shape index (κ3) is 4.21. The number of hydrogen-bond donors (Lipinski definition) is 0. The van der Waals surface area contributed by atoms with Gasteiger partial charge in [0.2, 0.25) is 5.69 Å². The van der Waals surface area contributed by atoms with Gasteiger partial charge in [0.25, 0.3) is 0 Å². The van der Waals surface area contributed by atoms with Crippen LogP contribution in [0.4, 0.5) is 5.69 Å². The van der Waals surface area contributed by atoms with E-state index in [1.54, 1.807) is 14.2 Å². The minimum Gasteiger partial charge on any atom is -0.497 e. The van der Waals surface area contributed by atoms with Gasteiger partial charge in [-0.05, 0) is 47.2 Å². The number of rotatable bonds is 7. The summed E-state index contributed by atoms with van der Waals surface area (Å²) < 4.78 is 10.7. The van der Waals surface area contributed by atoms with Crippen LogP contribution in [0.15, 0.2) is 109 Å². The minimum absolute atomic E-state index is 0.775. The molecule has 0 unspecified atom stereocenters. The van der Waals surface area contributed by atoms with Gasteiger partial charge in [-0.3, -0.25) is 5.43 Å². The number of nitrogens with zero attached hydrogens (tertiary/aromatic N) is 4. The van der Waals surface area contributed by atoms with Gasteiger partial charge in [-0.25, -0.2) is 0 Å². The van der Waals surface area contributed by atoms with Crippen molar-refractivity contribution in [3.8, 4) is 39.7 Å². The van der Waals surface area contributed by atoms with Crippen molar-refractivity contribution in [3.05, 3.63) is 115 Å². The second-order valence-electron chi connectivity index (χ2n) is 7.60. The molecule has 6 heteroatoms. The van der Waals surface area contributed by atoms with Crippen molar-refractivity contribution in [2.45, 2.75) is 0 Å². The zero-order valence-electron chi connectivity index (χ0n) is 19.0. The zero-order chi connectivity index (χ0) is 23.3. The maximum Gasteiger partial charge on any atom is 0.234 e. The van der Waals surface area contributed by atoms with Gasteiger partial charge < -0.3 is 9.47 Å². The van der Waals surface area contributed by atoms with E-state index in [9.17, 15) is 0 Å². The lowest BCUT2D eigenvalue weighted by atomic mass is 10.1. The molecule has 0 N–H and O–H groups in total. The minimum atomic E-state index is 0.775. The van der Waals surface area contributed by atoms with Crippen molar-refractivity contribution in [2.24, 2.45) is 0 Å². The average Bonchev–Trinajstić information content (AvgIpc) is 3.29. The molecule has 0 saturated heterocycles. The van der Waals surface area contributed by atoms with Gasteiger partial charge in [0.05, 0.1) is 14.2 Å². The summed E-state index contributed by atoms with van der Waals surface area (Å²) in [6.45, 7) is 0. The van der Waals surface area contributed by atoms with Crippen molar-refractivity contribution < 1.29 is 14.3 Å². The normalized spacial score (nSPS) is 10.6. The Morgan fingerprint density at radius 1 is 0.647 bits per heavy atom. The summed E-state index contributed by atoms with van der Waals surface area (Å²) in [5.74, 6) is 1.56. The molecule has 5 aromatic rings. The fourth-order valence-corrected chi connectivity index (χ4v) is 3.75. The molecule has 4 aromatic carbocycles. The lowest BCUT2D eigenvalue weighted by molar-refractivity contribution is -0.690. The van der Waals surface area contributed by atoms with Gasteiger partial charge in [0.15, 0.2) is 5.69 Å². The molecule has 6 nitrogen and oxygen atoms in total. The van der Waals surface area contributed by atoms with Gasteiger partial charge in [0, 0.05) is 16.8 Å². The molecular formula is C28H24N4O2. The molecule has 1 aromatic heterocycles. The van der Waals surface area contributed by atoms with Crippen molar-refractivity contribution >= 4 is 5.69 Å². The Labute approximate surface area is 198 Å². The molecule has 0 spiro atoms. The summed E-state index contributed by atoms with van der Waals surface area (Å²) in [5.41, 5.74) is 10.4. The van der Waals surface area contributed by atoms with E-state index in [1.165, 1.54) is 0 Å². The molecule has 0 saturated carbocycles. The zero-order valence-corrected chi connectivity index (χ0v) is 19.0. The maximum absolute atomic E-state index is 5.35. The van der Waals surface area contributed by atoms with Crippen LogP contribution in [0.1, 0.15) is 0 Å². The maximum atomic E-state index is 5.35. The van der Waals surface area contributed by atoms with Gasteiger partial charge in [-0.15, -0.1) is 4.80 Å². The Morgan fingerprint density at radius 3 is 1.74 bits per heavy atom. The highest BCUT2D eigenvalue weighted by molar-refractivity contribution is 5.76. The average molecular weight is 449 g/mol. The molecule has 5 rings (SSSR count). The van der Waals surface area contributed by atoms with Crippen LogP contribution >= 0.6 is 0 Å². The summed E-state index contributed by atoms with van der Waals surface area (Å²) in [6, 6.07) is 35.8. The first-order chi connectivity index (χ1) is 16.8. The Kier molecular flexibility index (Phi) is 5.95. The Bertz CT molecular complexity index is 1360. The van der Waals surface area contributed by atoms with Crippen LogP contribution < -0.4 is 14.3 Å². The second-order valence-corrected chi connectivity index (χ2v) is 7.60. The topological polar surface area (TPSA) is 54.3 Å². The lowest BCUT2D eigenvalue weighted by Crippen LogP contribution is -2.40.